The van der Waals surface area contributed by atoms with Gasteiger partial charge in [-0.15, -0.1) is 0 Å². The summed E-state index contributed by atoms with van der Waals surface area (Å²) in [6.07, 6.45) is 6.19. The molecule has 2 heteroatoms. The molecule has 1 heterocycles. The molecule has 0 N–H and O–H groups in total. The number of nitrogens with zero attached hydrogens (tertiary/aromatic N) is 1. The lowest BCUT2D eigenvalue weighted by Crippen LogP contribution is -2.18. The third-order valence-corrected chi connectivity index (χ3v) is 1.45. The number of hydrogen-bond donors (Lipinski definition) is 0. The number of hydrogen-bond acceptors (Lipinski definition) is 2. The van der Waals surface area contributed by atoms with Crippen LogP contribution in [-0.2, 0) is 4.74 Å². The Balaban J connectivity index is 2.45. The second-order valence-electron chi connectivity index (χ2n) is 2.51. The molecule has 0 saturated heterocycles. The first kappa shape index (κ1) is 7.35. The summed E-state index contributed by atoms with van der Waals surface area (Å²) in [5, 5.41) is 0. The van der Waals surface area contributed by atoms with Crippen LogP contribution in [0.3, 0.4) is 0 Å². The molecule has 0 fully saturated rings. The summed E-state index contributed by atoms with van der Waals surface area (Å²) in [5.74, 6) is 0. The van der Waals surface area contributed by atoms with Gasteiger partial charge in [-0.3, -0.25) is 0 Å². The molecule has 56 valence electrons. The van der Waals surface area contributed by atoms with E-state index in [1.807, 2.05) is 6.08 Å². The fourth-order valence-corrected chi connectivity index (χ4v) is 1.03. The number of rotatable bonds is 2. The van der Waals surface area contributed by atoms with E-state index in [0.717, 1.165) is 13.2 Å². The first-order chi connectivity index (χ1) is 4.83. The number of allylic oxidation sites excluding steroid dienone is 2. The Morgan fingerprint density at radius 2 is 2.50 bits per heavy atom. The van der Waals surface area contributed by atoms with Crippen LogP contribution < -0.4 is 0 Å². The van der Waals surface area contributed by atoms with Gasteiger partial charge in [0.2, 0.25) is 0 Å². The number of methoxy groups -OCH3 is 1. The molecule has 0 radical (unpaired) electrons. The first-order valence-electron chi connectivity index (χ1n) is 3.38. The zero-order valence-corrected chi connectivity index (χ0v) is 6.50. The van der Waals surface area contributed by atoms with Crippen molar-refractivity contribution < 1.29 is 4.74 Å². The Morgan fingerprint density at radius 3 is 3.10 bits per heavy atom. The van der Waals surface area contributed by atoms with Crippen LogP contribution in [0.2, 0.25) is 0 Å². The van der Waals surface area contributed by atoms with E-state index in [1.54, 1.807) is 7.11 Å². The summed E-state index contributed by atoms with van der Waals surface area (Å²) >= 11 is 0. The summed E-state index contributed by atoms with van der Waals surface area (Å²) in [6.45, 7) is 1.74. The Labute approximate surface area is 61.8 Å². The average Bonchev–Trinajstić information content (AvgIpc) is 1.88. The van der Waals surface area contributed by atoms with E-state index in [4.69, 9.17) is 4.74 Å². The van der Waals surface area contributed by atoms with E-state index >= 15 is 0 Å². The zero-order chi connectivity index (χ0) is 7.40. The lowest BCUT2D eigenvalue weighted by atomic mass is 10.2. The highest BCUT2D eigenvalue weighted by molar-refractivity contribution is 5.18. The quantitative estimate of drug-likeness (QED) is 0.566. The van der Waals surface area contributed by atoms with Gasteiger partial charge in [-0.25, -0.2) is 0 Å². The topological polar surface area (TPSA) is 12.5 Å². The Hall–Kier alpha value is -0.760. The van der Waals surface area contributed by atoms with E-state index in [9.17, 15) is 0 Å². The average molecular weight is 139 g/mol. The lowest BCUT2D eigenvalue weighted by Gasteiger charge is -2.18. The molecule has 0 amide bonds. The monoisotopic (exact) mass is 139 g/mol. The lowest BCUT2D eigenvalue weighted by molar-refractivity contribution is 0.219. The number of likely N-dealkylation sites (N-methyl/N-ethyl adjacent to an activating group) is 1. The molecule has 0 unspecified atom stereocenters. The van der Waals surface area contributed by atoms with Gasteiger partial charge in [0.1, 0.15) is 0 Å². The highest BCUT2D eigenvalue weighted by atomic mass is 16.5. The van der Waals surface area contributed by atoms with Crippen molar-refractivity contribution in [3.8, 4) is 0 Å². The summed E-state index contributed by atoms with van der Waals surface area (Å²) in [5.41, 5.74) is 1.33. The molecule has 0 bridgehead atoms. The smallest absolute Gasteiger partial charge is 0.0693 e. The van der Waals surface area contributed by atoms with Crippen molar-refractivity contribution >= 4 is 0 Å². The van der Waals surface area contributed by atoms with Crippen molar-refractivity contribution in [1.82, 2.24) is 4.90 Å². The van der Waals surface area contributed by atoms with Crippen LogP contribution in [0.25, 0.3) is 0 Å². The molecule has 1 aliphatic heterocycles. The maximum absolute atomic E-state index is 5.00. The van der Waals surface area contributed by atoms with Gasteiger partial charge in [0.05, 0.1) is 6.61 Å². The normalized spacial score (nSPS) is 17.4. The third kappa shape index (κ3) is 1.88. The fourth-order valence-electron chi connectivity index (χ4n) is 1.03. The van der Waals surface area contributed by atoms with Crippen molar-refractivity contribution in [1.29, 1.82) is 0 Å². The third-order valence-electron chi connectivity index (χ3n) is 1.45. The minimum Gasteiger partial charge on any atom is -0.380 e. The molecular weight excluding hydrogens is 126 g/mol. The molecule has 2 nitrogen and oxygen atoms in total. The Kier molecular flexibility index (Phi) is 2.51. The van der Waals surface area contributed by atoms with Crippen LogP contribution in [0.15, 0.2) is 23.9 Å². The van der Waals surface area contributed by atoms with Crippen LogP contribution in [-0.4, -0.2) is 32.2 Å². The summed E-state index contributed by atoms with van der Waals surface area (Å²) in [6, 6.07) is 0. The van der Waals surface area contributed by atoms with Crippen molar-refractivity contribution in [3.63, 3.8) is 0 Å². The van der Waals surface area contributed by atoms with Crippen LogP contribution in [0.5, 0.6) is 0 Å². The molecule has 1 aliphatic rings. The molecule has 0 saturated carbocycles. The maximum Gasteiger partial charge on any atom is 0.0693 e. The van der Waals surface area contributed by atoms with E-state index in [-0.39, 0.29) is 0 Å². The first-order valence-corrected chi connectivity index (χ1v) is 3.38. The number of ether oxygens (including phenoxy) is 1. The van der Waals surface area contributed by atoms with E-state index in [0.29, 0.717) is 0 Å². The molecule has 1 rings (SSSR count). The highest BCUT2D eigenvalue weighted by Crippen LogP contribution is 2.04. The molecule has 0 spiro atoms. The van der Waals surface area contributed by atoms with E-state index in [2.05, 4.69) is 24.2 Å². The van der Waals surface area contributed by atoms with Gasteiger partial charge in [0.15, 0.2) is 0 Å². The van der Waals surface area contributed by atoms with Crippen molar-refractivity contribution in [2.24, 2.45) is 0 Å². The SMILES string of the molecule is COCC1=CC=CN(C)C1. The molecule has 0 aromatic carbocycles. The Morgan fingerprint density at radius 1 is 1.70 bits per heavy atom. The molecule has 0 aliphatic carbocycles. The summed E-state index contributed by atoms with van der Waals surface area (Å²) < 4.78 is 5.00. The minimum atomic E-state index is 0.745. The van der Waals surface area contributed by atoms with Gasteiger partial charge in [-0.05, 0) is 17.8 Å². The predicted molar refractivity (Wildman–Crippen MR) is 41.7 cm³/mol. The summed E-state index contributed by atoms with van der Waals surface area (Å²) in [7, 11) is 3.78. The van der Waals surface area contributed by atoms with Crippen molar-refractivity contribution in [2.45, 2.75) is 0 Å². The van der Waals surface area contributed by atoms with Crippen LogP contribution in [0.4, 0.5) is 0 Å². The van der Waals surface area contributed by atoms with Crippen LogP contribution in [0, 0.1) is 0 Å². The van der Waals surface area contributed by atoms with Crippen LogP contribution >= 0.6 is 0 Å². The molecule has 0 atom stereocenters. The van der Waals surface area contributed by atoms with Gasteiger partial charge in [-0.2, -0.15) is 0 Å². The van der Waals surface area contributed by atoms with Crippen LogP contribution in [0.1, 0.15) is 0 Å². The highest BCUT2D eigenvalue weighted by Gasteiger charge is 2.01. The van der Waals surface area contributed by atoms with Crippen molar-refractivity contribution in [3.05, 3.63) is 23.9 Å². The zero-order valence-electron chi connectivity index (χ0n) is 6.50. The van der Waals surface area contributed by atoms with Gasteiger partial charge in [-0.1, -0.05) is 6.08 Å². The standard InChI is InChI=1S/C8H13NO/c1-9-5-3-4-8(6-9)7-10-2/h3-5H,6-7H2,1-2H3. The largest absolute Gasteiger partial charge is 0.380 e. The van der Waals surface area contributed by atoms with E-state index < -0.39 is 0 Å². The second-order valence-corrected chi connectivity index (χ2v) is 2.51. The fraction of sp³-hybridized carbons (Fsp3) is 0.500. The predicted octanol–water partition coefficient (Wildman–Crippen LogP) is 1.02. The Bertz CT molecular complexity index is 161. The van der Waals surface area contributed by atoms with Gasteiger partial charge >= 0.3 is 0 Å². The maximum atomic E-state index is 5.00. The second kappa shape index (κ2) is 3.42. The van der Waals surface area contributed by atoms with Gasteiger partial charge in [0.25, 0.3) is 0 Å². The molecule has 0 aromatic rings. The van der Waals surface area contributed by atoms with E-state index in [1.165, 1.54) is 5.57 Å². The summed E-state index contributed by atoms with van der Waals surface area (Å²) in [4.78, 5) is 2.13. The molecule has 10 heavy (non-hydrogen) atoms. The van der Waals surface area contributed by atoms with Gasteiger partial charge in [0, 0.05) is 20.7 Å². The molecule has 0 aromatic heterocycles. The minimum absolute atomic E-state index is 0.745. The molecular formula is C8H13NO. The van der Waals surface area contributed by atoms with Crippen molar-refractivity contribution in [2.75, 3.05) is 27.3 Å². The van der Waals surface area contributed by atoms with Gasteiger partial charge < -0.3 is 9.64 Å².